The predicted octanol–water partition coefficient (Wildman–Crippen LogP) is 1.51. The van der Waals surface area contributed by atoms with Crippen molar-refractivity contribution in [1.82, 2.24) is 15.0 Å². The molecule has 2 N–H and O–H groups in total. The standard InChI is InChI=1S/C11H20N4/c1-8(2)5-11-10(6-12)13-14-15(11)7-9(3)4/h8H,3,5-7,12H2,1-2,4H3. The lowest BCUT2D eigenvalue weighted by Gasteiger charge is -2.09. The van der Waals surface area contributed by atoms with E-state index in [4.69, 9.17) is 5.73 Å². The van der Waals surface area contributed by atoms with Gasteiger partial charge in [-0.25, -0.2) is 4.68 Å². The predicted molar refractivity (Wildman–Crippen MR) is 61.3 cm³/mol. The zero-order valence-corrected chi connectivity index (χ0v) is 9.82. The van der Waals surface area contributed by atoms with E-state index in [1.165, 1.54) is 0 Å². The highest BCUT2D eigenvalue weighted by molar-refractivity contribution is 5.11. The molecule has 0 aliphatic rings. The number of nitrogens with zero attached hydrogens (tertiary/aromatic N) is 3. The molecule has 1 heterocycles. The second-order valence-electron chi connectivity index (χ2n) is 4.40. The van der Waals surface area contributed by atoms with Crippen LogP contribution in [0.2, 0.25) is 0 Å². The number of hydrogen-bond donors (Lipinski definition) is 1. The summed E-state index contributed by atoms with van der Waals surface area (Å²) in [5.74, 6) is 0.581. The largest absolute Gasteiger partial charge is 0.325 e. The van der Waals surface area contributed by atoms with Gasteiger partial charge in [0.05, 0.1) is 17.9 Å². The first-order valence-corrected chi connectivity index (χ1v) is 5.30. The molecule has 4 nitrogen and oxygen atoms in total. The summed E-state index contributed by atoms with van der Waals surface area (Å²) in [6.45, 7) is 11.4. The maximum atomic E-state index is 5.63. The van der Waals surface area contributed by atoms with E-state index in [-0.39, 0.29) is 0 Å². The summed E-state index contributed by atoms with van der Waals surface area (Å²) in [4.78, 5) is 0. The lowest BCUT2D eigenvalue weighted by Crippen LogP contribution is -2.11. The van der Waals surface area contributed by atoms with Gasteiger partial charge < -0.3 is 5.73 Å². The molecule has 0 spiro atoms. The monoisotopic (exact) mass is 208 g/mol. The van der Waals surface area contributed by atoms with Crippen molar-refractivity contribution in [2.45, 2.75) is 40.3 Å². The van der Waals surface area contributed by atoms with Crippen LogP contribution in [-0.2, 0) is 19.5 Å². The summed E-state index contributed by atoms with van der Waals surface area (Å²) in [6.07, 6.45) is 0.965. The van der Waals surface area contributed by atoms with Gasteiger partial charge in [-0.05, 0) is 19.3 Å². The van der Waals surface area contributed by atoms with Crippen molar-refractivity contribution >= 4 is 0 Å². The minimum Gasteiger partial charge on any atom is -0.325 e. The van der Waals surface area contributed by atoms with Crippen LogP contribution >= 0.6 is 0 Å². The topological polar surface area (TPSA) is 56.7 Å². The smallest absolute Gasteiger partial charge is 0.0994 e. The molecule has 0 saturated carbocycles. The second kappa shape index (κ2) is 5.07. The third-order valence-corrected chi connectivity index (χ3v) is 2.13. The van der Waals surface area contributed by atoms with E-state index < -0.39 is 0 Å². The third kappa shape index (κ3) is 3.16. The van der Waals surface area contributed by atoms with E-state index in [9.17, 15) is 0 Å². The molecule has 4 heteroatoms. The van der Waals surface area contributed by atoms with Gasteiger partial charge in [-0.3, -0.25) is 0 Å². The van der Waals surface area contributed by atoms with Crippen LogP contribution in [0.5, 0.6) is 0 Å². The molecule has 0 fully saturated rings. The Morgan fingerprint density at radius 1 is 1.53 bits per heavy atom. The van der Waals surface area contributed by atoms with Crippen LogP contribution < -0.4 is 5.73 Å². The van der Waals surface area contributed by atoms with Gasteiger partial charge in [0.25, 0.3) is 0 Å². The van der Waals surface area contributed by atoms with Crippen molar-refractivity contribution in [3.05, 3.63) is 23.5 Å². The molecule has 0 bridgehead atoms. The van der Waals surface area contributed by atoms with Crippen LogP contribution in [-0.4, -0.2) is 15.0 Å². The van der Waals surface area contributed by atoms with E-state index in [2.05, 4.69) is 30.7 Å². The summed E-state index contributed by atoms with van der Waals surface area (Å²) in [5.41, 5.74) is 8.77. The number of allylic oxidation sites excluding steroid dienone is 1. The lowest BCUT2D eigenvalue weighted by atomic mass is 10.1. The van der Waals surface area contributed by atoms with Crippen molar-refractivity contribution in [2.24, 2.45) is 11.7 Å². The summed E-state index contributed by atoms with van der Waals surface area (Å²) < 4.78 is 1.91. The van der Waals surface area contributed by atoms with Crippen LogP contribution in [0, 0.1) is 5.92 Å². The van der Waals surface area contributed by atoms with Gasteiger partial charge in [0.2, 0.25) is 0 Å². The van der Waals surface area contributed by atoms with E-state index in [1.54, 1.807) is 0 Å². The van der Waals surface area contributed by atoms with E-state index in [0.717, 1.165) is 29.9 Å². The first kappa shape index (κ1) is 11.9. The Morgan fingerprint density at radius 3 is 2.67 bits per heavy atom. The van der Waals surface area contributed by atoms with Gasteiger partial charge in [0.1, 0.15) is 0 Å². The molecule has 15 heavy (non-hydrogen) atoms. The van der Waals surface area contributed by atoms with E-state index in [0.29, 0.717) is 12.5 Å². The van der Waals surface area contributed by atoms with Gasteiger partial charge >= 0.3 is 0 Å². The molecule has 0 saturated heterocycles. The van der Waals surface area contributed by atoms with Crippen molar-refractivity contribution in [3.8, 4) is 0 Å². The van der Waals surface area contributed by atoms with Gasteiger partial charge in [-0.2, -0.15) is 0 Å². The highest BCUT2D eigenvalue weighted by atomic mass is 15.4. The van der Waals surface area contributed by atoms with Crippen LogP contribution in [0.15, 0.2) is 12.2 Å². The quantitative estimate of drug-likeness (QED) is 0.746. The Bertz CT molecular complexity index is 338. The summed E-state index contributed by atoms with van der Waals surface area (Å²) in [7, 11) is 0. The zero-order valence-electron chi connectivity index (χ0n) is 9.82. The third-order valence-electron chi connectivity index (χ3n) is 2.13. The highest BCUT2D eigenvalue weighted by Gasteiger charge is 2.12. The summed E-state index contributed by atoms with van der Waals surface area (Å²) >= 11 is 0. The Labute approximate surface area is 91.2 Å². The Morgan fingerprint density at radius 2 is 2.20 bits per heavy atom. The van der Waals surface area contributed by atoms with Gasteiger partial charge in [-0.1, -0.05) is 31.2 Å². The average molecular weight is 208 g/mol. The molecule has 0 unspecified atom stereocenters. The van der Waals surface area contributed by atoms with Crippen LogP contribution in [0.4, 0.5) is 0 Å². The van der Waals surface area contributed by atoms with Crippen LogP contribution in [0.25, 0.3) is 0 Å². The number of hydrogen-bond acceptors (Lipinski definition) is 3. The number of aromatic nitrogens is 3. The van der Waals surface area contributed by atoms with Crippen molar-refractivity contribution in [2.75, 3.05) is 0 Å². The number of rotatable bonds is 5. The van der Waals surface area contributed by atoms with E-state index in [1.807, 2.05) is 11.6 Å². The molecule has 84 valence electrons. The molecule has 1 aromatic rings. The molecular formula is C11H20N4. The molecule has 0 aliphatic carbocycles. The Balaban J connectivity index is 2.94. The molecule has 0 amide bonds. The van der Waals surface area contributed by atoms with Gasteiger partial charge in [0.15, 0.2) is 0 Å². The van der Waals surface area contributed by atoms with Crippen LogP contribution in [0.1, 0.15) is 32.2 Å². The maximum Gasteiger partial charge on any atom is 0.0994 e. The molecule has 0 aromatic carbocycles. The summed E-state index contributed by atoms with van der Waals surface area (Å²) in [5, 5.41) is 8.19. The molecule has 0 aliphatic heterocycles. The second-order valence-corrected chi connectivity index (χ2v) is 4.40. The van der Waals surface area contributed by atoms with Crippen molar-refractivity contribution in [1.29, 1.82) is 0 Å². The van der Waals surface area contributed by atoms with E-state index >= 15 is 0 Å². The van der Waals surface area contributed by atoms with Gasteiger partial charge in [-0.15, -0.1) is 5.10 Å². The Kier molecular flexibility index (Phi) is 4.03. The molecule has 0 atom stereocenters. The fourth-order valence-electron chi connectivity index (χ4n) is 1.52. The minimum atomic E-state index is 0.457. The average Bonchev–Trinajstić information content (AvgIpc) is 2.47. The molecular weight excluding hydrogens is 188 g/mol. The lowest BCUT2D eigenvalue weighted by molar-refractivity contribution is 0.560. The first-order valence-electron chi connectivity index (χ1n) is 5.30. The normalized spacial score (nSPS) is 11.0. The minimum absolute atomic E-state index is 0.457. The fourth-order valence-corrected chi connectivity index (χ4v) is 1.52. The Hall–Kier alpha value is -1.16. The maximum absolute atomic E-state index is 5.63. The molecule has 0 radical (unpaired) electrons. The number of nitrogens with two attached hydrogens (primary N) is 1. The molecule has 1 aromatic heterocycles. The molecule has 1 rings (SSSR count). The van der Waals surface area contributed by atoms with Gasteiger partial charge in [0, 0.05) is 6.54 Å². The van der Waals surface area contributed by atoms with Crippen molar-refractivity contribution in [3.63, 3.8) is 0 Å². The first-order chi connectivity index (χ1) is 7.04. The highest BCUT2D eigenvalue weighted by Crippen LogP contribution is 2.12. The SMILES string of the molecule is C=C(C)Cn1nnc(CN)c1CC(C)C. The zero-order chi connectivity index (χ0) is 11.4. The summed E-state index contributed by atoms with van der Waals surface area (Å²) in [6, 6.07) is 0. The fraction of sp³-hybridized carbons (Fsp3) is 0.636. The van der Waals surface area contributed by atoms with Crippen LogP contribution in [0.3, 0.4) is 0 Å². The van der Waals surface area contributed by atoms with Crippen molar-refractivity contribution < 1.29 is 0 Å².